The zero-order valence-electron chi connectivity index (χ0n) is 16.8. The topological polar surface area (TPSA) is 81.8 Å². The van der Waals surface area contributed by atoms with Crippen LogP contribution >= 0.6 is 0 Å². The number of para-hydroxylation sites is 1. The fourth-order valence-corrected chi connectivity index (χ4v) is 3.64. The molecule has 0 saturated heterocycles. The van der Waals surface area contributed by atoms with Crippen molar-refractivity contribution in [3.8, 4) is 0 Å². The third kappa shape index (κ3) is 3.92. The number of aryl methyl sites for hydroxylation is 1. The first-order chi connectivity index (χ1) is 15.0. The van der Waals surface area contributed by atoms with Gasteiger partial charge in [-0.15, -0.1) is 0 Å². The van der Waals surface area contributed by atoms with Crippen LogP contribution in [0.1, 0.15) is 23.2 Å². The molecule has 4 rings (SSSR count). The van der Waals surface area contributed by atoms with Gasteiger partial charge in [0.2, 0.25) is 5.91 Å². The van der Waals surface area contributed by atoms with Crippen LogP contribution in [0.15, 0.2) is 65.6 Å². The minimum Gasteiger partial charge on any atom is -0.465 e. The summed E-state index contributed by atoms with van der Waals surface area (Å²) in [6, 6.07) is 14.3. The summed E-state index contributed by atoms with van der Waals surface area (Å²) in [5.74, 6) is -1.29. The molecule has 8 heteroatoms. The largest absolute Gasteiger partial charge is 0.465 e. The molecule has 7 nitrogen and oxygen atoms in total. The lowest BCUT2D eigenvalue weighted by molar-refractivity contribution is -0.116. The number of benzene rings is 2. The number of halogens is 1. The summed E-state index contributed by atoms with van der Waals surface area (Å²) in [7, 11) is 1.27. The van der Waals surface area contributed by atoms with Gasteiger partial charge in [-0.05, 0) is 48.9 Å². The van der Waals surface area contributed by atoms with Crippen molar-refractivity contribution < 1.29 is 18.7 Å². The van der Waals surface area contributed by atoms with Gasteiger partial charge in [-0.2, -0.15) is 0 Å². The van der Waals surface area contributed by atoms with Crippen molar-refractivity contribution in [2.45, 2.75) is 19.4 Å². The van der Waals surface area contributed by atoms with Gasteiger partial charge in [-0.25, -0.2) is 9.18 Å². The Kier molecular flexibility index (Phi) is 5.53. The fraction of sp³-hybridized carbons (Fsp3) is 0.174. The van der Waals surface area contributed by atoms with Gasteiger partial charge in [-0.3, -0.25) is 9.59 Å². The molecule has 2 heterocycles. The van der Waals surface area contributed by atoms with E-state index in [-0.39, 0.29) is 30.0 Å². The van der Waals surface area contributed by atoms with Gasteiger partial charge in [0.25, 0.3) is 5.56 Å². The third-order valence-corrected chi connectivity index (χ3v) is 5.09. The Hall–Kier alpha value is -3.94. The number of nitrogens with one attached hydrogen (secondary N) is 1. The Bertz CT molecular complexity index is 1360. The summed E-state index contributed by atoms with van der Waals surface area (Å²) < 4.78 is 21.8. The van der Waals surface area contributed by atoms with E-state index < -0.39 is 11.8 Å². The molecule has 0 atom stereocenters. The van der Waals surface area contributed by atoms with E-state index in [0.717, 1.165) is 0 Å². The van der Waals surface area contributed by atoms with E-state index in [1.165, 1.54) is 23.8 Å². The molecule has 0 spiro atoms. The molecule has 31 heavy (non-hydrogen) atoms. The van der Waals surface area contributed by atoms with Crippen molar-refractivity contribution in [1.29, 1.82) is 0 Å². The third-order valence-electron chi connectivity index (χ3n) is 5.09. The molecule has 0 unspecified atom stereocenters. The number of hydrogen-bond donors (Lipinski definition) is 1. The number of ether oxygens (including phenoxy) is 1. The molecule has 0 aliphatic rings. The van der Waals surface area contributed by atoms with Crippen molar-refractivity contribution >= 4 is 34.1 Å². The molecule has 0 radical (unpaired) electrons. The molecule has 1 N–H and O–H groups in total. The van der Waals surface area contributed by atoms with Gasteiger partial charge < -0.3 is 19.0 Å². The lowest BCUT2D eigenvalue weighted by atomic mass is 10.1. The van der Waals surface area contributed by atoms with Crippen molar-refractivity contribution in [3.63, 3.8) is 0 Å². The number of hydrogen-bond acceptors (Lipinski definition) is 4. The maximum absolute atomic E-state index is 13.9. The number of amides is 1. The smallest absolute Gasteiger partial charge is 0.339 e. The lowest BCUT2D eigenvalue weighted by Gasteiger charge is -2.13. The zero-order chi connectivity index (χ0) is 22.0. The van der Waals surface area contributed by atoms with E-state index in [0.29, 0.717) is 28.7 Å². The molecular formula is C23H20FN3O4. The Morgan fingerprint density at radius 3 is 2.65 bits per heavy atom. The van der Waals surface area contributed by atoms with Gasteiger partial charge in [0.1, 0.15) is 11.3 Å². The van der Waals surface area contributed by atoms with Crippen molar-refractivity contribution in [2.24, 2.45) is 0 Å². The van der Waals surface area contributed by atoms with Gasteiger partial charge in [-0.1, -0.05) is 12.1 Å². The molecule has 2 aromatic heterocycles. The van der Waals surface area contributed by atoms with Crippen LogP contribution in [0, 0.1) is 5.82 Å². The maximum Gasteiger partial charge on any atom is 0.339 e. The molecule has 2 aromatic carbocycles. The number of rotatable bonds is 6. The molecule has 0 saturated carbocycles. The van der Waals surface area contributed by atoms with Crippen LogP contribution in [-0.2, 0) is 16.1 Å². The Morgan fingerprint density at radius 1 is 1.03 bits per heavy atom. The standard InChI is InChI=1S/C23H20FN3O4/c1-31-23(30)16-6-2-3-7-17(16)25-21(28)9-5-13-27-20-14-15(24)10-11-18(20)26-12-4-8-19(26)22(27)29/h2-4,6-8,10-12,14H,5,9,13H2,1H3,(H,25,28). The molecule has 1 amide bonds. The minimum atomic E-state index is -0.545. The van der Waals surface area contributed by atoms with E-state index in [2.05, 4.69) is 5.32 Å². The number of methoxy groups -OCH3 is 1. The van der Waals surface area contributed by atoms with Gasteiger partial charge in [0.05, 0.1) is 29.4 Å². The van der Waals surface area contributed by atoms with Crippen LogP contribution in [0.4, 0.5) is 10.1 Å². The monoisotopic (exact) mass is 421 g/mol. The number of aromatic nitrogens is 2. The van der Waals surface area contributed by atoms with Crippen molar-refractivity contribution in [1.82, 2.24) is 8.97 Å². The highest BCUT2D eigenvalue weighted by Gasteiger charge is 2.14. The first-order valence-electron chi connectivity index (χ1n) is 9.76. The molecule has 0 aliphatic heterocycles. The highest BCUT2D eigenvalue weighted by Crippen LogP contribution is 2.19. The highest BCUT2D eigenvalue weighted by atomic mass is 19.1. The fourth-order valence-electron chi connectivity index (χ4n) is 3.64. The van der Waals surface area contributed by atoms with Crippen LogP contribution in [0.5, 0.6) is 0 Å². The molecule has 0 bridgehead atoms. The predicted octanol–water partition coefficient (Wildman–Crippen LogP) is 3.60. The zero-order valence-corrected chi connectivity index (χ0v) is 16.8. The number of anilines is 1. The van der Waals surface area contributed by atoms with Crippen molar-refractivity contribution in [3.05, 3.63) is 82.5 Å². The van der Waals surface area contributed by atoms with E-state index in [1.54, 1.807) is 53.1 Å². The molecule has 0 fully saturated rings. The van der Waals surface area contributed by atoms with Gasteiger partial charge in [0.15, 0.2) is 0 Å². The van der Waals surface area contributed by atoms with Crippen LogP contribution in [0.2, 0.25) is 0 Å². The normalized spacial score (nSPS) is 11.0. The molecule has 158 valence electrons. The summed E-state index contributed by atoms with van der Waals surface area (Å²) in [4.78, 5) is 37.2. The predicted molar refractivity (Wildman–Crippen MR) is 115 cm³/mol. The quantitative estimate of drug-likeness (QED) is 0.483. The minimum absolute atomic E-state index is 0.116. The van der Waals surface area contributed by atoms with Crippen LogP contribution in [-0.4, -0.2) is 28.0 Å². The second-order valence-corrected chi connectivity index (χ2v) is 7.04. The summed E-state index contributed by atoms with van der Waals surface area (Å²) in [5.41, 5.74) is 2.02. The molecular weight excluding hydrogens is 401 g/mol. The maximum atomic E-state index is 13.9. The Labute approximate surface area is 176 Å². The number of nitrogens with zero attached hydrogens (tertiary/aromatic N) is 2. The first kappa shape index (κ1) is 20.3. The van der Waals surface area contributed by atoms with E-state index in [4.69, 9.17) is 4.74 Å². The average molecular weight is 421 g/mol. The molecule has 4 aromatic rings. The first-order valence-corrected chi connectivity index (χ1v) is 9.76. The average Bonchev–Trinajstić information content (AvgIpc) is 3.26. The van der Waals surface area contributed by atoms with Gasteiger partial charge >= 0.3 is 5.97 Å². The van der Waals surface area contributed by atoms with Crippen LogP contribution in [0.3, 0.4) is 0 Å². The van der Waals surface area contributed by atoms with E-state index >= 15 is 0 Å². The SMILES string of the molecule is COC(=O)c1ccccc1NC(=O)CCCn1c(=O)c2cccn2c2ccc(F)cc21. The second-order valence-electron chi connectivity index (χ2n) is 7.04. The Balaban J connectivity index is 1.53. The summed E-state index contributed by atoms with van der Waals surface area (Å²) in [5, 5.41) is 2.71. The summed E-state index contributed by atoms with van der Waals surface area (Å²) in [6.07, 6.45) is 2.23. The van der Waals surface area contributed by atoms with Crippen molar-refractivity contribution in [2.75, 3.05) is 12.4 Å². The summed E-state index contributed by atoms with van der Waals surface area (Å²) in [6.45, 7) is 0.243. The van der Waals surface area contributed by atoms with Gasteiger partial charge in [0, 0.05) is 19.2 Å². The summed E-state index contributed by atoms with van der Waals surface area (Å²) >= 11 is 0. The lowest BCUT2D eigenvalue weighted by Crippen LogP contribution is -2.24. The number of esters is 1. The van der Waals surface area contributed by atoms with Crippen LogP contribution < -0.4 is 10.9 Å². The van der Waals surface area contributed by atoms with E-state index in [9.17, 15) is 18.8 Å². The van der Waals surface area contributed by atoms with Crippen LogP contribution in [0.25, 0.3) is 16.6 Å². The number of carbonyl (C=O) groups excluding carboxylic acids is 2. The second kappa shape index (κ2) is 8.43. The number of carbonyl (C=O) groups is 2. The Morgan fingerprint density at radius 2 is 1.84 bits per heavy atom. The molecule has 0 aliphatic carbocycles. The highest BCUT2D eigenvalue weighted by molar-refractivity contribution is 6.01. The number of fused-ring (bicyclic) bond motifs is 3. The van der Waals surface area contributed by atoms with E-state index in [1.807, 2.05) is 0 Å².